The fourth-order valence-corrected chi connectivity index (χ4v) is 3.87. The fraction of sp³-hybridized carbons (Fsp3) is 0.172. The number of halogens is 10. The highest BCUT2D eigenvalue weighted by molar-refractivity contribution is 5.65. The normalized spacial score (nSPS) is 12.0. The van der Waals surface area contributed by atoms with Crippen LogP contribution in [0.2, 0.25) is 0 Å². The third-order valence-corrected chi connectivity index (χ3v) is 5.92. The summed E-state index contributed by atoms with van der Waals surface area (Å²) in [6.45, 7) is 1.80. The molecule has 0 saturated heterocycles. The molecule has 0 heterocycles. The predicted molar refractivity (Wildman–Crippen MR) is 128 cm³/mol. The summed E-state index contributed by atoms with van der Waals surface area (Å²) in [4.78, 5) is 0. The van der Waals surface area contributed by atoms with Crippen LogP contribution in [0.5, 0.6) is 11.5 Å². The van der Waals surface area contributed by atoms with Gasteiger partial charge in [0.05, 0.1) is 11.1 Å². The van der Waals surface area contributed by atoms with E-state index in [0.29, 0.717) is 31.0 Å². The first-order valence-corrected chi connectivity index (χ1v) is 11.9. The van der Waals surface area contributed by atoms with E-state index >= 15 is 0 Å². The van der Waals surface area contributed by atoms with E-state index in [1.165, 1.54) is 12.1 Å². The van der Waals surface area contributed by atoms with Gasteiger partial charge in [-0.05, 0) is 53.9 Å². The predicted octanol–water partition coefficient (Wildman–Crippen LogP) is 9.40. The van der Waals surface area contributed by atoms with Crippen molar-refractivity contribution in [3.63, 3.8) is 0 Å². The van der Waals surface area contributed by atoms with Crippen LogP contribution >= 0.6 is 0 Å². The monoisotopic (exact) mass is 588 g/mol. The number of benzene rings is 4. The molecule has 0 aliphatic heterocycles. The molecule has 41 heavy (non-hydrogen) atoms. The van der Waals surface area contributed by atoms with Gasteiger partial charge in [0.1, 0.15) is 5.75 Å². The van der Waals surface area contributed by atoms with Gasteiger partial charge < -0.3 is 9.47 Å². The lowest BCUT2D eigenvalue weighted by Crippen LogP contribution is -2.24. The molecule has 4 aromatic rings. The average Bonchev–Trinajstić information content (AvgIpc) is 2.91. The van der Waals surface area contributed by atoms with Gasteiger partial charge in [-0.25, -0.2) is 26.3 Å². The molecule has 0 unspecified atom stereocenters. The number of aryl methyl sites for hydroxylation is 1. The van der Waals surface area contributed by atoms with Gasteiger partial charge in [-0.2, -0.15) is 17.6 Å². The zero-order valence-corrected chi connectivity index (χ0v) is 20.9. The Balaban J connectivity index is 1.51. The minimum absolute atomic E-state index is 0.0496. The molecule has 0 amide bonds. The van der Waals surface area contributed by atoms with Crippen LogP contribution in [0.15, 0.2) is 66.7 Å². The van der Waals surface area contributed by atoms with Crippen molar-refractivity contribution >= 4 is 0 Å². The average molecular weight is 588 g/mol. The molecule has 0 aliphatic carbocycles. The molecule has 0 aromatic heterocycles. The quantitative estimate of drug-likeness (QED) is 0.143. The Hall–Kier alpha value is -4.22. The molecule has 0 atom stereocenters. The molecule has 0 fully saturated rings. The molecule has 0 N–H and O–H groups in total. The van der Waals surface area contributed by atoms with Crippen LogP contribution in [0.3, 0.4) is 0 Å². The molecule has 12 heteroatoms. The molecule has 0 saturated carbocycles. The summed E-state index contributed by atoms with van der Waals surface area (Å²) in [6, 6.07) is 8.06. The first-order chi connectivity index (χ1) is 19.2. The van der Waals surface area contributed by atoms with E-state index in [-0.39, 0.29) is 28.8 Å². The maximum Gasteiger partial charge on any atom is 0.427 e. The fourth-order valence-electron chi connectivity index (χ4n) is 3.87. The van der Waals surface area contributed by atoms with Crippen molar-refractivity contribution in [3.8, 4) is 22.6 Å². The zero-order chi connectivity index (χ0) is 30.1. The number of hydrogen-bond donors (Lipinski definition) is 0. The summed E-state index contributed by atoms with van der Waals surface area (Å²) in [6.07, 6.45) is -7.72. The topological polar surface area (TPSA) is 18.5 Å². The first-order valence-electron chi connectivity index (χ1n) is 11.9. The number of ether oxygens (including phenoxy) is 2. The molecule has 0 aliphatic rings. The number of alkyl halides is 4. The van der Waals surface area contributed by atoms with Crippen LogP contribution in [0.4, 0.5) is 43.9 Å². The Kier molecular flexibility index (Phi) is 8.23. The van der Waals surface area contributed by atoms with Crippen LogP contribution in [-0.2, 0) is 18.6 Å². The highest BCUT2D eigenvalue weighted by Crippen LogP contribution is 2.38. The summed E-state index contributed by atoms with van der Waals surface area (Å²) in [5.41, 5.74) is -2.10. The van der Waals surface area contributed by atoms with Crippen LogP contribution in [0.1, 0.15) is 30.0 Å². The summed E-state index contributed by atoms with van der Waals surface area (Å²) in [5.74, 6) is -11.7. The zero-order valence-electron chi connectivity index (χ0n) is 20.9. The Labute approximate surface area is 226 Å². The van der Waals surface area contributed by atoms with Gasteiger partial charge in [-0.15, -0.1) is 0 Å². The van der Waals surface area contributed by atoms with Crippen molar-refractivity contribution in [1.82, 2.24) is 0 Å². The van der Waals surface area contributed by atoms with E-state index in [0.717, 1.165) is 24.3 Å². The Morgan fingerprint density at radius 1 is 0.585 bits per heavy atom. The van der Waals surface area contributed by atoms with Crippen molar-refractivity contribution in [2.45, 2.75) is 32.0 Å². The van der Waals surface area contributed by atoms with Crippen molar-refractivity contribution in [2.24, 2.45) is 0 Å². The second kappa shape index (κ2) is 11.3. The second-order valence-electron chi connectivity index (χ2n) is 8.81. The molecule has 0 bridgehead atoms. The van der Waals surface area contributed by atoms with Gasteiger partial charge in [0.15, 0.2) is 40.7 Å². The van der Waals surface area contributed by atoms with E-state index in [9.17, 15) is 43.9 Å². The maximum absolute atomic E-state index is 14.8. The van der Waals surface area contributed by atoms with Crippen molar-refractivity contribution < 1.29 is 53.4 Å². The Morgan fingerprint density at radius 3 is 1.78 bits per heavy atom. The molecular weight excluding hydrogens is 570 g/mol. The Bertz CT molecular complexity index is 1550. The molecule has 0 radical (unpaired) electrons. The van der Waals surface area contributed by atoms with E-state index in [4.69, 9.17) is 0 Å². The summed E-state index contributed by atoms with van der Waals surface area (Å²) in [5, 5.41) is 0. The lowest BCUT2D eigenvalue weighted by Gasteiger charge is -2.21. The van der Waals surface area contributed by atoms with Gasteiger partial charge in [-0.3, -0.25) is 0 Å². The minimum atomic E-state index is -4.54. The van der Waals surface area contributed by atoms with Crippen LogP contribution in [0.25, 0.3) is 11.1 Å². The van der Waals surface area contributed by atoms with E-state index in [1.54, 1.807) is 6.92 Å². The molecule has 0 spiro atoms. The van der Waals surface area contributed by atoms with Crippen molar-refractivity contribution in [3.05, 3.63) is 118 Å². The number of hydrogen-bond acceptors (Lipinski definition) is 2. The second-order valence-corrected chi connectivity index (χ2v) is 8.81. The van der Waals surface area contributed by atoms with E-state index in [1.807, 2.05) is 0 Å². The van der Waals surface area contributed by atoms with Gasteiger partial charge in [-0.1, -0.05) is 37.6 Å². The standard InChI is InChI=1S/C29H18F10O2/c1-2-3-16-6-10-20(26(34)25(16)33)15-4-7-17(8-5-15)28(36,37)40-19-9-11-24(21(30)14-19)41-29(38,39)18-12-22(31)27(35)23(32)13-18/h4-14H,2-3H2,1H3. The van der Waals surface area contributed by atoms with Crippen molar-refractivity contribution in [1.29, 1.82) is 0 Å². The summed E-state index contributed by atoms with van der Waals surface area (Å²) >= 11 is 0. The molecule has 4 rings (SSSR count). The van der Waals surface area contributed by atoms with Gasteiger partial charge in [0.2, 0.25) is 0 Å². The van der Waals surface area contributed by atoms with E-state index in [2.05, 4.69) is 9.47 Å². The maximum atomic E-state index is 14.8. The van der Waals surface area contributed by atoms with Crippen LogP contribution in [-0.4, -0.2) is 0 Å². The smallest absolute Gasteiger partial charge is 0.427 e. The Morgan fingerprint density at radius 2 is 1.20 bits per heavy atom. The first kappa shape index (κ1) is 29.8. The molecule has 2 nitrogen and oxygen atoms in total. The van der Waals surface area contributed by atoms with Crippen LogP contribution < -0.4 is 9.47 Å². The highest BCUT2D eigenvalue weighted by atomic mass is 19.3. The van der Waals surface area contributed by atoms with Crippen molar-refractivity contribution in [2.75, 3.05) is 0 Å². The molecule has 216 valence electrons. The van der Waals surface area contributed by atoms with Gasteiger partial charge >= 0.3 is 12.2 Å². The highest BCUT2D eigenvalue weighted by Gasteiger charge is 2.38. The van der Waals surface area contributed by atoms with E-state index < -0.39 is 69.7 Å². The van der Waals surface area contributed by atoms with Gasteiger partial charge in [0.25, 0.3) is 0 Å². The molecule has 4 aromatic carbocycles. The minimum Gasteiger partial charge on any atom is -0.429 e. The largest absolute Gasteiger partial charge is 0.429 e. The van der Waals surface area contributed by atoms with Gasteiger partial charge in [0, 0.05) is 11.6 Å². The SMILES string of the molecule is CCCc1ccc(-c2ccc(C(F)(F)Oc3ccc(OC(F)(F)c4cc(F)c(F)c(F)c4)c(F)c3)cc2)c(F)c1F. The third kappa shape index (κ3) is 6.26. The van der Waals surface area contributed by atoms with Crippen LogP contribution in [0, 0.1) is 34.9 Å². The number of rotatable bonds is 9. The summed E-state index contributed by atoms with van der Waals surface area (Å²) in [7, 11) is 0. The third-order valence-electron chi connectivity index (χ3n) is 5.92. The lowest BCUT2D eigenvalue weighted by atomic mass is 9.99. The lowest BCUT2D eigenvalue weighted by molar-refractivity contribution is -0.189. The molecular formula is C29H18F10O2. The summed E-state index contributed by atoms with van der Waals surface area (Å²) < 4.78 is 150.